The minimum atomic E-state index is -2.83. The summed E-state index contributed by atoms with van der Waals surface area (Å²) in [6.07, 6.45) is 2.05. The number of hydrogen-bond donors (Lipinski definition) is 0. The van der Waals surface area contributed by atoms with E-state index in [4.69, 9.17) is 0 Å². The van der Waals surface area contributed by atoms with Crippen molar-refractivity contribution in [1.82, 2.24) is 0 Å². The number of sulfone groups is 1. The molecule has 0 fully saturated rings. The van der Waals surface area contributed by atoms with E-state index in [0.717, 1.165) is 6.42 Å². The zero-order chi connectivity index (χ0) is 11.2. The van der Waals surface area contributed by atoms with Crippen molar-refractivity contribution in [3.05, 3.63) is 0 Å². The summed E-state index contributed by atoms with van der Waals surface area (Å²) in [6, 6.07) is 0. The van der Waals surface area contributed by atoms with Gasteiger partial charge >= 0.3 is 0 Å². The van der Waals surface area contributed by atoms with Crippen LogP contribution in [0.25, 0.3) is 0 Å². The summed E-state index contributed by atoms with van der Waals surface area (Å²) in [6.45, 7) is 5.22. The van der Waals surface area contributed by atoms with Gasteiger partial charge in [-0.05, 0) is 25.7 Å². The normalized spacial score (nSPS) is 13.9. The van der Waals surface area contributed by atoms with Crippen LogP contribution in [-0.2, 0) is 14.6 Å². The molecule has 0 N–H and O–H groups in total. The van der Waals surface area contributed by atoms with Crippen molar-refractivity contribution in [2.45, 2.75) is 40.0 Å². The molecule has 0 aromatic heterocycles. The third-order valence-corrected chi connectivity index (χ3v) is 4.02. The minimum Gasteiger partial charge on any atom is -0.300 e. The van der Waals surface area contributed by atoms with Crippen LogP contribution in [0.1, 0.15) is 40.0 Å². The monoisotopic (exact) mass is 220 g/mol. The first-order chi connectivity index (χ1) is 6.37. The van der Waals surface area contributed by atoms with Crippen LogP contribution in [-0.4, -0.2) is 25.7 Å². The Balaban J connectivity index is 3.69. The van der Waals surface area contributed by atoms with Crippen molar-refractivity contribution in [1.29, 1.82) is 0 Å². The molecule has 0 rings (SSSR count). The molecule has 0 bridgehead atoms. The van der Waals surface area contributed by atoms with Gasteiger partial charge in [0.2, 0.25) is 0 Å². The van der Waals surface area contributed by atoms with E-state index in [0.29, 0.717) is 18.8 Å². The van der Waals surface area contributed by atoms with E-state index < -0.39 is 9.84 Å². The second kappa shape index (κ2) is 6.17. The third-order valence-electron chi connectivity index (χ3n) is 2.23. The fraction of sp³-hybridized carbons (Fsp3) is 0.900. The highest BCUT2D eigenvalue weighted by Gasteiger charge is 2.09. The summed E-state index contributed by atoms with van der Waals surface area (Å²) in [7, 11) is -2.83. The lowest BCUT2D eigenvalue weighted by atomic mass is 10.0. The zero-order valence-electron chi connectivity index (χ0n) is 9.25. The highest BCUT2D eigenvalue weighted by Crippen LogP contribution is 2.11. The Morgan fingerprint density at radius 1 is 1.36 bits per heavy atom. The average Bonchev–Trinajstić information content (AvgIpc) is 2.02. The summed E-state index contributed by atoms with van der Waals surface area (Å²) < 4.78 is 22.3. The second-order valence-corrected chi connectivity index (χ2v) is 6.36. The Morgan fingerprint density at radius 3 is 2.36 bits per heavy atom. The van der Waals surface area contributed by atoms with Crippen molar-refractivity contribution in [3.63, 3.8) is 0 Å². The van der Waals surface area contributed by atoms with Crippen LogP contribution in [0.4, 0.5) is 0 Å². The number of carbonyl (C=O) groups excluding carboxylic acids is 1. The molecule has 0 amide bonds. The molecule has 0 aromatic rings. The van der Waals surface area contributed by atoms with Crippen LogP contribution >= 0.6 is 0 Å². The van der Waals surface area contributed by atoms with Crippen molar-refractivity contribution < 1.29 is 13.2 Å². The predicted molar refractivity (Wildman–Crippen MR) is 58.0 cm³/mol. The first-order valence-corrected chi connectivity index (χ1v) is 6.89. The smallest absolute Gasteiger partial charge is 0.150 e. The van der Waals surface area contributed by atoms with E-state index >= 15 is 0 Å². The van der Waals surface area contributed by atoms with Crippen molar-refractivity contribution in [3.8, 4) is 0 Å². The lowest BCUT2D eigenvalue weighted by molar-refractivity contribution is -0.117. The van der Waals surface area contributed by atoms with Gasteiger partial charge < -0.3 is 4.79 Å². The Kier molecular flexibility index (Phi) is 6.00. The van der Waals surface area contributed by atoms with Crippen molar-refractivity contribution in [2.24, 2.45) is 5.92 Å². The molecule has 0 aromatic carbocycles. The maximum absolute atomic E-state index is 11.1. The fourth-order valence-electron chi connectivity index (χ4n) is 1.39. The number of hydrogen-bond acceptors (Lipinski definition) is 3. The molecule has 3 nitrogen and oxygen atoms in total. The Hall–Kier alpha value is -0.380. The van der Waals surface area contributed by atoms with E-state index in [1.165, 1.54) is 0 Å². The maximum atomic E-state index is 11.1. The molecule has 0 aliphatic rings. The van der Waals surface area contributed by atoms with Gasteiger partial charge in [0, 0.05) is 12.2 Å². The van der Waals surface area contributed by atoms with Crippen LogP contribution in [0.5, 0.6) is 0 Å². The molecule has 4 heteroatoms. The van der Waals surface area contributed by atoms with Gasteiger partial charge in [-0.15, -0.1) is 0 Å². The first-order valence-electron chi connectivity index (χ1n) is 5.07. The topological polar surface area (TPSA) is 51.2 Å². The van der Waals surface area contributed by atoms with E-state index in [-0.39, 0.29) is 17.3 Å². The van der Waals surface area contributed by atoms with Gasteiger partial charge in [-0.3, -0.25) is 0 Å². The van der Waals surface area contributed by atoms with Crippen LogP contribution in [0, 0.1) is 5.92 Å². The number of Topliss-reactive ketones (excluding diaryl/α,β-unsaturated/α-hetero) is 1. The number of rotatable bonds is 7. The second-order valence-electron chi connectivity index (χ2n) is 3.89. The van der Waals surface area contributed by atoms with Gasteiger partial charge in [-0.1, -0.05) is 13.8 Å². The molecule has 0 saturated carbocycles. The largest absolute Gasteiger partial charge is 0.300 e. The summed E-state index contributed by atoms with van der Waals surface area (Å²) in [5.74, 6) is 0.954. The van der Waals surface area contributed by atoms with Crippen LogP contribution in [0.2, 0.25) is 0 Å². The molecular formula is C10H20O3S. The fourth-order valence-corrected chi connectivity index (χ4v) is 2.28. The Labute approximate surface area is 86.8 Å². The molecule has 0 heterocycles. The molecule has 0 spiro atoms. The van der Waals surface area contributed by atoms with Crippen LogP contribution < -0.4 is 0 Å². The van der Waals surface area contributed by atoms with E-state index in [9.17, 15) is 13.2 Å². The SMILES string of the molecule is CCS(=O)(=O)CCCC(C)CC(C)=O. The first kappa shape index (κ1) is 13.6. The van der Waals surface area contributed by atoms with E-state index in [1.807, 2.05) is 6.92 Å². The van der Waals surface area contributed by atoms with Crippen molar-refractivity contribution in [2.75, 3.05) is 11.5 Å². The van der Waals surface area contributed by atoms with Crippen molar-refractivity contribution >= 4 is 15.6 Å². The van der Waals surface area contributed by atoms with Gasteiger partial charge in [-0.25, -0.2) is 8.42 Å². The molecule has 0 saturated heterocycles. The van der Waals surface area contributed by atoms with Crippen LogP contribution in [0.3, 0.4) is 0 Å². The van der Waals surface area contributed by atoms with Gasteiger partial charge in [0.15, 0.2) is 0 Å². The summed E-state index contributed by atoms with van der Waals surface area (Å²) >= 11 is 0. The molecule has 1 unspecified atom stereocenters. The van der Waals surface area contributed by atoms with Gasteiger partial charge in [0.05, 0.1) is 5.75 Å². The Bertz CT molecular complexity index is 267. The van der Waals surface area contributed by atoms with Gasteiger partial charge in [0.1, 0.15) is 15.6 Å². The highest BCUT2D eigenvalue weighted by atomic mass is 32.2. The third kappa shape index (κ3) is 7.06. The molecular weight excluding hydrogens is 200 g/mol. The average molecular weight is 220 g/mol. The summed E-state index contributed by atoms with van der Waals surface area (Å²) in [4.78, 5) is 10.8. The lowest BCUT2D eigenvalue weighted by Crippen LogP contribution is -2.10. The Morgan fingerprint density at radius 2 is 1.93 bits per heavy atom. The minimum absolute atomic E-state index is 0.177. The van der Waals surface area contributed by atoms with E-state index in [2.05, 4.69) is 0 Å². The van der Waals surface area contributed by atoms with Gasteiger partial charge in [-0.2, -0.15) is 0 Å². The molecule has 0 aliphatic carbocycles. The quantitative estimate of drug-likeness (QED) is 0.657. The number of ketones is 1. The number of carbonyl (C=O) groups is 1. The molecule has 1 atom stereocenters. The maximum Gasteiger partial charge on any atom is 0.150 e. The summed E-state index contributed by atoms with van der Waals surface area (Å²) in [5.41, 5.74) is 0. The molecule has 84 valence electrons. The van der Waals surface area contributed by atoms with E-state index in [1.54, 1.807) is 13.8 Å². The van der Waals surface area contributed by atoms with Gasteiger partial charge in [0.25, 0.3) is 0 Å². The van der Waals surface area contributed by atoms with Crippen LogP contribution in [0.15, 0.2) is 0 Å². The molecule has 0 aliphatic heterocycles. The predicted octanol–water partition coefficient (Wildman–Crippen LogP) is 1.82. The highest BCUT2D eigenvalue weighted by molar-refractivity contribution is 7.91. The summed E-state index contributed by atoms with van der Waals surface area (Å²) in [5, 5.41) is 0. The standard InChI is InChI=1S/C10H20O3S/c1-4-14(12,13)7-5-6-9(2)8-10(3)11/h9H,4-8H2,1-3H3. The lowest BCUT2D eigenvalue weighted by Gasteiger charge is -2.08. The molecule has 14 heavy (non-hydrogen) atoms. The zero-order valence-corrected chi connectivity index (χ0v) is 10.1. The molecule has 0 radical (unpaired) electrons.